The molecule has 34 heavy (non-hydrogen) atoms. The Bertz CT molecular complexity index is 1260. The smallest absolute Gasteiger partial charge is 0.269 e. The van der Waals surface area contributed by atoms with E-state index in [0.29, 0.717) is 27.0 Å². The number of thiocarbonyl (C=S) groups is 1. The molecule has 0 aliphatic carbocycles. The van der Waals surface area contributed by atoms with Crippen LogP contribution in [0.3, 0.4) is 0 Å². The van der Waals surface area contributed by atoms with Gasteiger partial charge in [-0.25, -0.2) is 5.01 Å². The molecular weight excluding hydrogens is 497 g/mol. The minimum Gasteiger partial charge on any atom is -0.326 e. The number of hydrogen-bond donors (Lipinski definition) is 2. The van der Waals surface area contributed by atoms with Crippen LogP contribution in [0.1, 0.15) is 16.8 Å². The van der Waals surface area contributed by atoms with Crippen molar-refractivity contribution < 1.29 is 14.4 Å². The topological polar surface area (TPSA) is 94.6 Å². The minimum absolute atomic E-state index is 0.0234. The second-order valence-corrected chi connectivity index (χ2v) is 8.50. The number of nitrogens with one attached hydrogen (secondary N) is 2. The average Bonchev–Trinajstić information content (AvgIpc) is 3.04. The molecule has 1 saturated heterocycles. The Labute approximate surface area is 210 Å². The van der Waals surface area contributed by atoms with Crippen LogP contribution < -0.4 is 15.6 Å². The van der Waals surface area contributed by atoms with E-state index >= 15 is 0 Å². The summed E-state index contributed by atoms with van der Waals surface area (Å²) >= 11 is 17.5. The van der Waals surface area contributed by atoms with Gasteiger partial charge in [0.25, 0.3) is 11.8 Å². The zero-order chi connectivity index (χ0) is 24.2. The maximum atomic E-state index is 13.4. The molecule has 1 fully saturated rings. The Balaban J connectivity index is 1.60. The number of carbonyl (C=O) groups excluding carboxylic acids is 3. The molecule has 3 aromatic rings. The van der Waals surface area contributed by atoms with E-state index in [0.717, 1.165) is 0 Å². The van der Waals surface area contributed by atoms with Crippen molar-refractivity contribution in [1.82, 2.24) is 15.4 Å². The summed E-state index contributed by atoms with van der Waals surface area (Å²) in [6, 6.07) is 15.1. The van der Waals surface area contributed by atoms with Gasteiger partial charge in [-0.3, -0.25) is 29.7 Å². The van der Waals surface area contributed by atoms with Crippen molar-refractivity contribution in [2.75, 3.05) is 10.2 Å². The summed E-state index contributed by atoms with van der Waals surface area (Å²) in [5, 5.41) is 4.90. The van der Waals surface area contributed by atoms with E-state index < -0.39 is 23.8 Å². The van der Waals surface area contributed by atoms with Gasteiger partial charge in [-0.15, -0.1) is 0 Å². The van der Waals surface area contributed by atoms with Crippen molar-refractivity contribution in [2.45, 2.75) is 12.5 Å². The zero-order valence-electron chi connectivity index (χ0n) is 17.4. The molecule has 3 amide bonds. The van der Waals surface area contributed by atoms with Crippen molar-refractivity contribution in [3.63, 3.8) is 0 Å². The average molecular weight is 514 g/mol. The lowest BCUT2D eigenvalue weighted by molar-refractivity contribution is -0.124. The van der Waals surface area contributed by atoms with Crippen LogP contribution in [0.25, 0.3) is 0 Å². The number of rotatable bonds is 6. The third-order valence-electron chi connectivity index (χ3n) is 4.95. The highest BCUT2D eigenvalue weighted by molar-refractivity contribution is 7.80. The van der Waals surface area contributed by atoms with E-state index in [2.05, 4.69) is 15.7 Å². The second-order valence-electron chi connectivity index (χ2n) is 7.26. The Kier molecular flexibility index (Phi) is 7.06. The lowest BCUT2D eigenvalue weighted by Crippen LogP contribution is -2.49. The second kappa shape index (κ2) is 10.2. The third kappa shape index (κ3) is 5.17. The van der Waals surface area contributed by atoms with Crippen LogP contribution in [-0.4, -0.2) is 38.9 Å². The number of aromatic nitrogens is 1. The number of hydrogen-bond acceptors (Lipinski definition) is 5. The van der Waals surface area contributed by atoms with Crippen molar-refractivity contribution >= 4 is 69.6 Å². The standard InChI is InChI=1S/C23H17Cl2N5O3S/c24-15-4-6-18(7-5-15)29-22(33)19(13-20(31)27-17-3-1-2-16(25)12-17)30(23(29)34)28-21(32)14-8-10-26-11-9-14/h1-12,19H,13H2,(H,27,31)(H,28,32). The highest BCUT2D eigenvalue weighted by Gasteiger charge is 2.45. The Hall–Kier alpha value is -3.53. The van der Waals surface area contributed by atoms with E-state index in [-0.39, 0.29) is 11.5 Å². The highest BCUT2D eigenvalue weighted by Crippen LogP contribution is 2.27. The molecule has 4 rings (SSSR count). The van der Waals surface area contributed by atoms with E-state index in [4.69, 9.17) is 35.4 Å². The largest absolute Gasteiger partial charge is 0.326 e. The van der Waals surface area contributed by atoms with Crippen molar-refractivity contribution in [2.24, 2.45) is 0 Å². The number of carbonyl (C=O) groups is 3. The monoisotopic (exact) mass is 513 g/mol. The van der Waals surface area contributed by atoms with Crippen molar-refractivity contribution in [1.29, 1.82) is 0 Å². The van der Waals surface area contributed by atoms with Crippen LogP contribution in [0.5, 0.6) is 0 Å². The van der Waals surface area contributed by atoms with Gasteiger partial charge >= 0.3 is 0 Å². The number of benzene rings is 2. The summed E-state index contributed by atoms with van der Waals surface area (Å²) in [6.45, 7) is 0. The van der Waals surface area contributed by atoms with Crippen molar-refractivity contribution in [3.8, 4) is 0 Å². The number of anilines is 2. The first-order valence-electron chi connectivity index (χ1n) is 10.0. The van der Waals surface area contributed by atoms with Crippen molar-refractivity contribution in [3.05, 3.63) is 88.7 Å². The summed E-state index contributed by atoms with van der Waals surface area (Å²) in [6.07, 6.45) is 2.67. The maximum absolute atomic E-state index is 13.4. The fourth-order valence-electron chi connectivity index (χ4n) is 3.36. The quantitative estimate of drug-likeness (QED) is 0.482. The maximum Gasteiger partial charge on any atom is 0.269 e. The number of halogens is 2. The molecule has 1 unspecified atom stereocenters. The Morgan fingerprint density at radius 3 is 2.38 bits per heavy atom. The summed E-state index contributed by atoms with van der Waals surface area (Å²) in [5.74, 6) is -1.43. The van der Waals surface area contributed by atoms with E-state index in [1.54, 1.807) is 48.5 Å². The fraction of sp³-hybridized carbons (Fsp3) is 0.0870. The van der Waals surface area contributed by atoms with Gasteiger partial charge in [0.05, 0.1) is 12.1 Å². The van der Waals surface area contributed by atoms with E-state index in [9.17, 15) is 14.4 Å². The normalized spacial score (nSPS) is 15.4. The molecule has 2 aromatic carbocycles. The first-order chi connectivity index (χ1) is 16.3. The van der Waals surface area contributed by atoms with Crippen LogP contribution in [0.15, 0.2) is 73.1 Å². The van der Waals surface area contributed by atoms with E-state index in [1.807, 2.05) is 0 Å². The minimum atomic E-state index is -1.08. The summed E-state index contributed by atoms with van der Waals surface area (Å²) in [4.78, 5) is 44.1. The molecule has 1 aromatic heterocycles. The highest BCUT2D eigenvalue weighted by atomic mass is 35.5. The molecule has 11 heteroatoms. The first kappa shape index (κ1) is 23.6. The molecule has 0 saturated carbocycles. The number of amides is 3. The summed E-state index contributed by atoms with van der Waals surface area (Å²) < 4.78 is 0. The molecule has 8 nitrogen and oxygen atoms in total. The molecule has 1 aliphatic heterocycles. The molecule has 1 aliphatic rings. The van der Waals surface area contributed by atoms with E-state index in [1.165, 1.54) is 34.4 Å². The number of nitrogens with zero attached hydrogens (tertiary/aromatic N) is 3. The number of pyridine rings is 1. The molecule has 2 N–H and O–H groups in total. The van der Waals surface area contributed by atoms with Crippen LogP contribution >= 0.6 is 35.4 Å². The Morgan fingerprint density at radius 1 is 1.00 bits per heavy atom. The van der Waals surface area contributed by atoms with Crippen LogP contribution in [0.4, 0.5) is 11.4 Å². The molecular formula is C23H17Cl2N5O3S. The molecule has 0 bridgehead atoms. The predicted molar refractivity (Wildman–Crippen MR) is 134 cm³/mol. The SMILES string of the molecule is O=C(CC1C(=O)N(c2ccc(Cl)cc2)C(=S)N1NC(=O)c1ccncc1)Nc1cccc(Cl)c1. The van der Waals surface area contributed by atoms with Gasteiger partial charge in [-0.2, -0.15) is 0 Å². The van der Waals surface area contributed by atoms with Gasteiger partial charge < -0.3 is 5.32 Å². The lowest BCUT2D eigenvalue weighted by atomic mass is 10.1. The van der Waals surface area contributed by atoms with Crippen LogP contribution in [0.2, 0.25) is 10.0 Å². The molecule has 172 valence electrons. The Morgan fingerprint density at radius 2 is 1.71 bits per heavy atom. The molecule has 1 atom stereocenters. The van der Waals surface area contributed by atoms with Gasteiger partial charge in [0, 0.05) is 33.7 Å². The van der Waals surface area contributed by atoms with Crippen LogP contribution in [-0.2, 0) is 9.59 Å². The zero-order valence-corrected chi connectivity index (χ0v) is 19.8. The predicted octanol–water partition coefficient (Wildman–Crippen LogP) is 4.06. The van der Waals surface area contributed by atoms with Gasteiger partial charge in [0.1, 0.15) is 6.04 Å². The third-order valence-corrected chi connectivity index (χ3v) is 5.82. The van der Waals surface area contributed by atoms with Crippen LogP contribution in [0, 0.1) is 0 Å². The summed E-state index contributed by atoms with van der Waals surface area (Å²) in [5.41, 5.74) is 3.91. The van der Waals surface area contributed by atoms with Gasteiger partial charge in [-0.1, -0.05) is 29.3 Å². The first-order valence-corrected chi connectivity index (χ1v) is 11.2. The molecule has 0 radical (unpaired) electrons. The fourth-order valence-corrected chi connectivity index (χ4v) is 4.04. The lowest BCUT2D eigenvalue weighted by Gasteiger charge is -2.24. The summed E-state index contributed by atoms with van der Waals surface area (Å²) in [7, 11) is 0. The number of hydrazine groups is 1. The molecule has 2 heterocycles. The van der Waals surface area contributed by atoms with Gasteiger partial charge in [0.15, 0.2) is 0 Å². The van der Waals surface area contributed by atoms with Gasteiger partial charge in [-0.05, 0) is 66.8 Å². The molecule has 0 spiro atoms. The van der Waals surface area contributed by atoms with Gasteiger partial charge in [0.2, 0.25) is 11.0 Å².